The predicted molar refractivity (Wildman–Crippen MR) is 82.1 cm³/mol. The number of nitro groups is 1. The quantitative estimate of drug-likeness (QED) is 0.660. The van der Waals surface area contributed by atoms with Crippen molar-refractivity contribution in [2.45, 2.75) is 13.0 Å². The summed E-state index contributed by atoms with van der Waals surface area (Å²) in [5.74, 6) is 1.14. The third-order valence-corrected chi connectivity index (χ3v) is 3.46. The number of nitro benzene ring substituents is 1. The van der Waals surface area contributed by atoms with Gasteiger partial charge in [0.25, 0.3) is 5.69 Å². The van der Waals surface area contributed by atoms with E-state index in [1.165, 1.54) is 18.2 Å². The molecular formula is C15H15ClN2O3. The average molecular weight is 307 g/mol. The fraction of sp³-hybridized carbons (Fsp3) is 0.200. The van der Waals surface area contributed by atoms with E-state index in [1.54, 1.807) is 0 Å². The number of rotatable bonds is 5. The summed E-state index contributed by atoms with van der Waals surface area (Å²) in [6, 6.07) is 12.0. The maximum Gasteiger partial charge on any atom is 0.288 e. The lowest BCUT2D eigenvalue weighted by molar-refractivity contribution is -0.384. The molecule has 0 spiro atoms. The zero-order valence-electron chi connectivity index (χ0n) is 11.7. The maximum atomic E-state index is 10.7. The molecule has 0 heterocycles. The van der Waals surface area contributed by atoms with Gasteiger partial charge >= 0.3 is 0 Å². The number of benzene rings is 2. The van der Waals surface area contributed by atoms with Crippen LogP contribution in [0, 0.1) is 10.1 Å². The summed E-state index contributed by atoms with van der Waals surface area (Å²) in [5, 5.41) is 13.9. The van der Waals surface area contributed by atoms with Crippen molar-refractivity contribution < 1.29 is 9.66 Å². The molecule has 0 bridgehead atoms. The summed E-state index contributed by atoms with van der Waals surface area (Å²) in [6.07, 6.45) is 0. The van der Waals surface area contributed by atoms with Gasteiger partial charge in [0.05, 0.1) is 4.92 Å². The van der Waals surface area contributed by atoms with Gasteiger partial charge in [-0.15, -0.1) is 0 Å². The Balaban J connectivity index is 2.31. The van der Waals surface area contributed by atoms with E-state index in [1.807, 2.05) is 38.2 Å². The van der Waals surface area contributed by atoms with E-state index >= 15 is 0 Å². The lowest BCUT2D eigenvalue weighted by atomic mass is 10.1. The lowest BCUT2D eigenvalue weighted by Gasteiger charge is -2.16. The number of hydrogen-bond acceptors (Lipinski definition) is 4. The normalized spacial score (nSPS) is 12.0. The highest BCUT2D eigenvalue weighted by Crippen LogP contribution is 2.33. The van der Waals surface area contributed by atoms with E-state index in [2.05, 4.69) is 5.32 Å². The van der Waals surface area contributed by atoms with Gasteiger partial charge < -0.3 is 10.1 Å². The van der Waals surface area contributed by atoms with Gasteiger partial charge in [-0.3, -0.25) is 10.1 Å². The molecule has 0 amide bonds. The molecule has 6 heteroatoms. The molecule has 0 saturated carbocycles. The number of nitrogens with zero attached hydrogens (tertiary/aromatic N) is 1. The summed E-state index contributed by atoms with van der Waals surface area (Å²) in [4.78, 5) is 10.2. The maximum absolute atomic E-state index is 10.7. The molecule has 0 radical (unpaired) electrons. The standard InChI is InChI=1S/C15H15ClN2O3/c1-10(17-2)12-5-3-4-6-15(12)21-11-7-8-14(18(19)20)13(16)9-11/h3-10,17H,1-2H3. The van der Waals surface area contributed by atoms with Gasteiger partial charge in [0, 0.05) is 23.7 Å². The first-order chi connectivity index (χ1) is 10.0. The molecule has 2 rings (SSSR count). The molecule has 0 aliphatic carbocycles. The van der Waals surface area contributed by atoms with Crippen LogP contribution in [0.15, 0.2) is 42.5 Å². The van der Waals surface area contributed by atoms with Crippen LogP contribution >= 0.6 is 11.6 Å². The van der Waals surface area contributed by atoms with E-state index in [0.29, 0.717) is 11.5 Å². The van der Waals surface area contributed by atoms with E-state index in [0.717, 1.165) is 5.56 Å². The zero-order chi connectivity index (χ0) is 15.4. The van der Waals surface area contributed by atoms with E-state index in [-0.39, 0.29) is 16.8 Å². The summed E-state index contributed by atoms with van der Waals surface area (Å²) >= 11 is 5.89. The van der Waals surface area contributed by atoms with E-state index < -0.39 is 4.92 Å². The molecule has 5 nitrogen and oxygen atoms in total. The van der Waals surface area contributed by atoms with Crippen molar-refractivity contribution >= 4 is 17.3 Å². The second kappa shape index (κ2) is 6.56. The van der Waals surface area contributed by atoms with Crippen LogP contribution < -0.4 is 10.1 Å². The predicted octanol–water partition coefficient (Wildman–Crippen LogP) is 4.32. The molecule has 1 atom stereocenters. The van der Waals surface area contributed by atoms with Crippen LogP contribution in [0.2, 0.25) is 5.02 Å². The number of halogens is 1. The van der Waals surface area contributed by atoms with Gasteiger partial charge in [-0.2, -0.15) is 0 Å². The first-order valence-electron chi connectivity index (χ1n) is 6.41. The molecule has 21 heavy (non-hydrogen) atoms. The fourth-order valence-electron chi connectivity index (χ4n) is 1.91. The average Bonchev–Trinajstić information content (AvgIpc) is 2.46. The van der Waals surface area contributed by atoms with Crippen molar-refractivity contribution in [2.75, 3.05) is 7.05 Å². The van der Waals surface area contributed by atoms with Crippen LogP contribution in [0.3, 0.4) is 0 Å². The van der Waals surface area contributed by atoms with Crippen LogP contribution in [0.4, 0.5) is 5.69 Å². The number of nitrogens with one attached hydrogen (secondary N) is 1. The summed E-state index contributed by atoms with van der Waals surface area (Å²) < 4.78 is 5.80. The molecule has 2 aromatic rings. The molecule has 2 aromatic carbocycles. The molecule has 0 aliphatic rings. The van der Waals surface area contributed by atoms with Gasteiger partial charge in [0.1, 0.15) is 16.5 Å². The highest BCUT2D eigenvalue weighted by molar-refractivity contribution is 6.32. The number of ether oxygens (including phenoxy) is 1. The highest BCUT2D eigenvalue weighted by Gasteiger charge is 2.14. The minimum Gasteiger partial charge on any atom is -0.457 e. The Kier molecular flexibility index (Phi) is 4.77. The van der Waals surface area contributed by atoms with Crippen molar-refractivity contribution in [1.29, 1.82) is 0 Å². The molecule has 0 saturated heterocycles. The van der Waals surface area contributed by atoms with Crippen molar-refractivity contribution in [1.82, 2.24) is 5.32 Å². The summed E-state index contributed by atoms with van der Waals surface area (Å²) in [5.41, 5.74) is 0.857. The van der Waals surface area contributed by atoms with Gasteiger partial charge in [-0.1, -0.05) is 29.8 Å². The Bertz CT molecular complexity index is 661. The van der Waals surface area contributed by atoms with Crippen LogP contribution in [0.1, 0.15) is 18.5 Å². The highest BCUT2D eigenvalue weighted by atomic mass is 35.5. The van der Waals surface area contributed by atoms with Gasteiger partial charge in [-0.25, -0.2) is 0 Å². The van der Waals surface area contributed by atoms with E-state index in [4.69, 9.17) is 16.3 Å². The van der Waals surface area contributed by atoms with Crippen molar-refractivity contribution in [3.63, 3.8) is 0 Å². The third-order valence-electron chi connectivity index (χ3n) is 3.16. The lowest BCUT2D eigenvalue weighted by Crippen LogP contribution is -2.13. The van der Waals surface area contributed by atoms with Crippen molar-refractivity contribution in [2.24, 2.45) is 0 Å². The Hall–Kier alpha value is -2.11. The molecular weight excluding hydrogens is 292 g/mol. The topological polar surface area (TPSA) is 64.4 Å². The molecule has 0 aliphatic heterocycles. The Morgan fingerprint density at radius 3 is 2.62 bits per heavy atom. The molecule has 0 aromatic heterocycles. The van der Waals surface area contributed by atoms with Crippen LogP contribution in [-0.4, -0.2) is 12.0 Å². The summed E-state index contributed by atoms with van der Waals surface area (Å²) in [7, 11) is 1.87. The minimum atomic E-state index is -0.525. The van der Waals surface area contributed by atoms with Crippen molar-refractivity contribution in [3.8, 4) is 11.5 Å². The fourth-order valence-corrected chi connectivity index (χ4v) is 2.15. The molecule has 0 fully saturated rings. The molecule has 1 unspecified atom stereocenters. The van der Waals surface area contributed by atoms with Crippen LogP contribution in [0.25, 0.3) is 0 Å². The largest absolute Gasteiger partial charge is 0.457 e. The molecule has 110 valence electrons. The minimum absolute atomic E-state index is 0.0525. The SMILES string of the molecule is CNC(C)c1ccccc1Oc1ccc([N+](=O)[O-])c(Cl)c1. The molecule has 1 N–H and O–H groups in total. The first-order valence-corrected chi connectivity index (χ1v) is 6.78. The van der Waals surface area contributed by atoms with Gasteiger partial charge in [-0.05, 0) is 26.1 Å². The monoisotopic (exact) mass is 306 g/mol. The van der Waals surface area contributed by atoms with Gasteiger partial charge in [0.2, 0.25) is 0 Å². The Morgan fingerprint density at radius 2 is 2.00 bits per heavy atom. The van der Waals surface area contributed by atoms with E-state index in [9.17, 15) is 10.1 Å². The Labute approximate surface area is 127 Å². The smallest absolute Gasteiger partial charge is 0.288 e. The Morgan fingerprint density at radius 1 is 1.29 bits per heavy atom. The first kappa shape index (κ1) is 15.3. The zero-order valence-corrected chi connectivity index (χ0v) is 12.4. The van der Waals surface area contributed by atoms with Crippen molar-refractivity contribution in [3.05, 3.63) is 63.2 Å². The second-order valence-electron chi connectivity index (χ2n) is 4.52. The van der Waals surface area contributed by atoms with Crippen LogP contribution in [0.5, 0.6) is 11.5 Å². The summed E-state index contributed by atoms with van der Waals surface area (Å²) in [6.45, 7) is 2.02. The number of para-hydroxylation sites is 1. The number of hydrogen-bond donors (Lipinski definition) is 1. The third kappa shape index (κ3) is 3.51. The van der Waals surface area contributed by atoms with Crippen LogP contribution in [-0.2, 0) is 0 Å². The van der Waals surface area contributed by atoms with Gasteiger partial charge in [0.15, 0.2) is 0 Å². The second-order valence-corrected chi connectivity index (χ2v) is 4.93.